The number of nitrogens with zero attached hydrogens (tertiary/aromatic N) is 2. The monoisotopic (exact) mass is 315 g/mol. The summed E-state index contributed by atoms with van der Waals surface area (Å²) in [5.74, 6) is 0.618. The number of carbonyl (C=O) groups is 2. The molecular weight excluding hydrogens is 290 g/mol. The number of amides is 3. The second-order valence-corrected chi connectivity index (χ2v) is 6.57. The van der Waals surface area contributed by atoms with Crippen LogP contribution in [0.1, 0.15) is 25.3 Å². The van der Waals surface area contributed by atoms with Crippen LogP contribution < -0.4 is 5.32 Å². The van der Waals surface area contributed by atoms with E-state index in [4.69, 9.17) is 0 Å². The molecule has 2 fully saturated rings. The van der Waals surface area contributed by atoms with Crippen molar-refractivity contribution in [3.8, 4) is 0 Å². The van der Waals surface area contributed by atoms with Gasteiger partial charge in [-0.3, -0.25) is 14.6 Å². The van der Waals surface area contributed by atoms with Crippen molar-refractivity contribution in [2.75, 3.05) is 26.2 Å². The maximum atomic E-state index is 12.5. The Hall–Kier alpha value is -1.88. The summed E-state index contributed by atoms with van der Waals surface area (Å²) in [6.07, 6.45) is 3.34. The number of benzene rings is 1. The minimum absolute atomic E-state index is 0.0680. The Morgan fingerprint density at radius 1 is 1.22 bits per heavy atom. The molecular formula is C18H25N3O2. The Balaban J connectivity index is 1.50. The number of hydrogen-bond acceptors (Lipinski definition) is 3. The maximum Gasteiger partial charge on any atom is 0.324 e. The summed E-state index contributed by atoms with van der Waals surface area (Å²) in [5.41, 5.74) is 1.39. The van der Waals surface area contributed by atoms with E-state index in [1.54, 1.807) is 0 Å². The zero-order valence-electron chi connectivity index (χ0n) is 13.7. The normalized spacial score (nSPS) is 21.3. The second kappa shape index (κ2) is 7.13. The molecule has 0 bridgehead atoms. The zero-order valence-corrected chi connectivity index (χ0v) is 13.7. The molecule has 3 rings (SSSR count). The topological polar surface area (TPSA) is 52.7 Å². The summed E-state index contributed by atoms with van der Waals surface area (Å²) < 4.78 is 0. The fourth-order valence-electron chi connectivity index (χ4n) is 3.56. The summed E-state index contributed by atoms with van der Waals surface area (Å²) in [6, 6.07) is 10.1. The molecule has 2 saturated heterocycles. The van der Waals surface area contributed by atoms with Crippen molar-refractivity contribution in [3.05, 3.63) is 35.9 Å². The van der Waals surface area contributed by atoms with Gasteiger partial charge in [0.15, 0.2) is 0 Å². The number of urea groups is 1. The van der Waals surface area contributed by atoms with Gasteiger partial charge < -0.3 is 5.32 Å². The van der Waals surface area contributed by atoms with Crippen LogP contribution in [0.3, 0.4) is 0 Å². The van der Waals surface area contributed by atoms with Gasteiger partial charge in [-0.15, -0.1) is 0 Å². The van der Waals surface area contributed by atoms with Gasteiger partial charge in [-0.2, -0.15) is 0 Å². The zero-order chi connectivity index (χ0) is 16.2. The Morgan fingerprint density at radius 3 is 2.52 bits per heavy atom. The number of likely N-dealkylation sites (tertiary alicyclic amines) is 1. The molecule has 3 amide bonds. The van der Waals surface area contributed by atoms with Gasteiger partial charge in [-0.25, -0.2) is 4.79 Å². The van der Waals surface area contributed by atoms with Crippen molar-refractivity contribution < 1.29 is 9.59 Å². The smallest absolute Gasteiger partial charge is 0.324 e. The minimum Gasteiger partial charge on any atom is -0.336 e. The van der Waals surface area contributed by atoms with Gasteiger partial charge in [0.2, 0.25) is 5.91 Å². The SMILES string of the molecule is C[C@H](C(=O)N1CCNC1=O)N1CCC(Cc2ccccc2)CC1. The number of nitrogens with one attached hydrogen (secondary N) is 1. The van der Waals surface area contributed by atoms with Crippen LogP contribution >= 0.6 is 0 Å². The number of hydrogen-bond donors (Lipinski definition) is 1. The number of piperidine rings is 1. The predicted octanol–water partition coefficient (Wildman–Crippen LogP) is 1.88. The summed E-state index contributed by atoms with van der Waals surface area (Å²) in [5, 5.41) is 2.69. The van der Waals surface area contributed by atoms with Gasteiger partial charge in [0, 0.05) is 13.1 Å². The first-order valence-electron chi connectivity index (χ1n) is 8.52. The van der Waals surface area contributed by atoms with Gasteiger partial charge in [0.05, 0.1) is 6.04 Å². The molecule has 1 atom stereocenters. The summed E-state index contributed by atoms with van der Waals surface area (Å²) in [7, 11) is 0. The fraction of sp³-hybridized carbons (Fsp3) is 0.556. The Bertz CT molecular complexity index is 553. The average molecular weight is 315 g/mol. The van der Waals surface area contributed by atoms with Gasteiger partial charge in [-0.05, 0) is 50.8 Å². The van der Waals surface area contributed by atoms with Crippen LogP contribution in [-0.4, -0.2) is 54.0 Å². The highest BCUT2D eigenvalue weighted by molar-refractivity contribution is 5.98. The lowest BCUT2D eigenvalue weighted by molar-refractivity contribution is -0.133. The van der Waals surface area contributed by atoms with E-state index in [2.05, 4.69) is 34.5 Å². The van der Waals surface area contributed by atoms with Gasteiger partial charge in [0.1, 0.15) is 0 Å². The Morgan fingerprint density at radius 2 is 1.91 bits per heavy atom. The lowest BCUT2D eigenvalue weighted by atomic mass is 9.89. The molecule has 5 nitrogen and oxygen atoms in total. The number of imide groups is 1. The first kappa shape index (κ1) is 16.0. The van der Waals surface area contributed by atoms with E-state index in [1.165, 1.54) is 10.5 Å². The quantitative estimate of drug-likeness (QED) is 0.923. The Kier molecular flexibility index (Phi) is 4.96. The summed E-state index contributed by atoms with van der Waals surface area (Å²) >= 11 is 0. The van der Waals surface area contributed by atoms with Gasteiger partial charge >= 0.3 is 6.03 Å². The van der Waals surface area contributed by atoms with Crippen LogP contribution in [0, 0.1) is 5.92 Å². The van der Waals surface area contributed by atoms with E-state index in [0.717, 1.165) is 32.4 Å². The number of carbonyl (C=O) groups excluding carboxylic acids is 2. The van der Waals surface area contributed by atoms with Crippen molar-refractivity contribution in [1.82, 2.24) is 15.1 Å². The predicted molar refractivity (Wildman–Crippen MR) is 89.0 cm³/mol. The molecule has 23 heavy (non-hydrogen) atoms. The first-order chi connectivity index (χ1) is 11.1. The standard InChI is InChI=1S/C18H25N3O2/c1-14(17(22)21-12-9-19-18(21)23)20-10-7-16(8-11-20)13-15-5-3-2-4-6-15/h2-6,14,16H,7-13H2,1H3,(H,19,23)/t14-/m1/s1. The van der Waals surface area contributed by atoms with Crippen LogP contribution in [0.5, 0.6) is 0 Å². The molecule has 1 aromatic carbocycles. The van der Waals surface area contributed by atoms with Crippen molar-refractivity contribution in [2.45, 2.75) is 32.2 Å². The van der Waals surface area contributed by atoms with E-state index >= 15 is 0 Å². The van der Waals surface area contributed by atoms with Crippen LogP contribution in [0.2, 0.25) is 0 Å². The van der Waals surface area contributed by atoms with Crippen LogP contribution in [-0.2, 0) is 11.2 Å². The van der Waals surface area contributed by atoms with E-state index in [0.29, 0.717) is 19.0 Å². The van der Waals surface area contributed by atoms with E-state index in [1.807, 2.05) is 13.0 Å². The van der Waals surface area contributed by atoms with Gasteiger partial charge in [0.25, 0.3) is 0 Å². The van der Waals surface area contributed by atoms with Crippen LogP contribution in [0.4, 0.5) is 4.79 Å². The molecule has 2 aliphatic rings. The molecule has 0 aromatic heterocycles. The molecule has 1 N–H and O–H groups in total. The van der Waals surface area contributed by atoms with Crippen LogP contribution in [0.25, 0.3) is 0 Å². The molecule has 2 aliphatic heterocycles. The molecule has 1 aromatic rings. The first-order valence-corrected chi connectivity index (χ1v) is 8.52. The maximum absolute atomic E-state index is 12.5. The highest BCUT2D eigenvalue weighted by atomic mass is 16.2. The second-order valence-electron chi connectivity index (χ2n) is 6.57. The lowest BCUT2D eigenvalue weighted by Crippen LogP contribution is -2.50. The third kappa shape index (κ3) is 3.72. The fourth-order valence-corrected chi connectivity index (χ4v) is 3.56. The molecule has 124 valence electrons. The highest BCUT2D eigenvalue weighted by Gasteiger charge is 2.33. The molecule has 0 aliphatic carbocycles. The Labute approximate surface area is 137 Å². The molecule has 2 heterocycles. The van der Waals surface area contributed by atoms with E-state index in [-0.39, 0.29) is 18.0 Å². The average Bonchev–Trinajstić information content (AvgIpc) is 3.01. The molecule has 5 heteroatoms. The van der Waals surface area contributed by atoms with Crippen LogP contribution in [0.15, 0.2) is 30.3 Å². The molecule has 0 radical (unpaired) electrons. The van der Waals surface area contributed by atoms with Crippen molar-refractivity contribution >= 4 is 11.9 Å². The summed E-state index contributed by atoms with van der Waals surface area (Å²) in [6.45, 7) is 4.84. The minimum atomic E-state index is -0.249. The highest BCUT2D eigenvalue weighted by Crippen LogP contribution is 2.23. The van der Waals surface area contributed by atoms with E-state index in [9.17, 15) is 9.59 Å². The lowest BCUT2D eigenvalue weighted by Gasteiger charge is -2.36. The summed E-state index contributed by atoms with van der Waals surface area (Å²) in [4.78, 5) is 27.7. The largest absolute Gasteiger partial charge is 0.336 e. The number of rotatable bonds is 4. The molecule has 0 spiro atoms. The molecule has 0 saturated carbocycles. The van der Waals surface area contributed by atoms with Crippen molar-refractivity contribution in [2.24, 2.45) is 5.92 Å². The third-order valence-electron chi connectivity index (χ3n) is 5.04. The van der Waals surface area contributed by atoms with E-state index < -0.39 is 0 Å². The molecule has 0 unspecified atom stereocenters. The van der Waals surface area contributed by atoms with Gasteiger partial charge in [-0.1, -0.05) is 30.3 Å². The van der Waals surface area contributed by atoms with Crippen molar-refractivity contribution in [1.29, 1.82) is 0 Å². The third-order valence-corrected chi connectivity index (χ3v) is 5.04. The van der Waals surface area contributed by atoms with Crippen molar-refractivity contribution in [3.63, 3.8) is 0 Å².